The lowest BCUT2D eigenvalue weighted by molar-refractivity contribution is 0.408. The second-order valence-electron chi connectivity index (χ2n) is 12.0. The lowest BCUT2D eigenvalue weighted by Crippen LogP contribution is -2.35. The van der Waals surface area contributed by atoms with Gasteiger partial charge >= 0.3 is 0 Å². The second-order valence-corrected chi connectivity index (χ2v) is 12.0. The minimum atomic E-state index is -0.565. The molecule has 16 heteroatoms. The average Bonchev–Trinajstić information content (AvgIpc) is 3.18. The molecule has 0 saturated heterocycles. The van der Waals surface area contributed by atoms with Crippen molar-refractivity contribution < 1.29 is 18.3 Å². The number of aromatic nitrogens is 10. The summed E-state index contributed by atoms with van der Waals surface area (Å²) in [6, 6.07) is 9.43. The second kappa shape index (κ2) is 14.9. The lowest BCUT2D eigenvalue weighted by atomic mass is 9.99. The normalized spacial score (nSPS) is 16.3. The number of fused-ring (bicyclic) bond motifs is 2. The molecule has 2 aliphatic rings. The van der Waals surface area contributed by atoms with Gasteiger partial charge in [-0.2, -0.15) is 8.78 Å². The Morgan fingerprint density at radius 2 is 0.962 bits per heavy atom. The zero-order valence-corrected chi connectivity index (χ0v) is 28.9. The van der Waals surface area contributed by atoms with Crippen molar-refractivity contribution in [3.8, 4) is 34.8 Å². The highest BCUT2D eigenvalue weighted by Crippen LogP contribution is 2.35. The molecule has 0 N–H and O–H groups in total. The minimum absolute atomic E-state index is 0.0384. The van der Waals surface area contributed by atoms with Crippen molar-refractivity contribution >= 4 is 11.6 Å². The number of rotatable bonds is 6. The molecular weight excluding hydrogens is 670 g/mol. The number of anilines is 2. The molecule has 0 aromatic carbocycles. The molecule has 6 aromatic rings. The van der Waals surface area contributed by atoms with Crippen molar-refractivity contribution in [1.29, 1.82) is 0 Å². The number of pyridine rings is 2. The molecule has 0 fully saturated rings. The average molecular weight is 705 g/mol. The minimum Gasteiger partial charge on any atom is -0.496 e. The Labute approximate surface area is 298 Å². The molecule has 8 heterocycles. The first-order valence-corrected chi connectivity index (χ1v) is 16.5. The quantitative estimate of drug-likeness (QED) is 0.209. The SMILES string of the molecule is COc1cc(F)nc(N2CCc3nc(-c4ncccn4)ncc3[C@@H]2C)c1.COc1cc(F)nc(N2CCc3nc(-c4ncccn4)ncc3[C@H]2C)c1. The smallest absolute Gasteiger partial charge is 0.218 e. The van der Waals surface area contributed by atoms with Crippen LogP contribution in [0.25, 0.3) is 23.3 Å². The van der Waals surface area contributed by atoms with E-state index >= 15 is 0 Å². The van der Waals surface area contributed by atoms with Gasteiger partial charge in [-0.3, -0.25) is 0 Å². The monoisotopic (exact) mass is 704 g/mol. The number of hydrogen-bond donors (Lipinski definition) is 0. The molecular formula is C36H34F2N12O2. The first-order valence-electron chi connectivity index (χ1n) is 16.5. The largest absolute Gasteiger partial charge is 0.496 e. The Hall–Kier alpha value is -6.32. The van der Waals surface area contributed by atoms with Crippen LogP contribution in [-0.4, -0.2) is 77.1 Å². The molecule has 0 amide bonds. The van der Waals surface area contributed by atoms with Gasteiger partial charge in [0.15, 0.2) is 23.3 Å². The Morgan fingerprint density at radius 1 is 0.558 bits per heavy atom. The summed E-state index contributed by atoms with van der Waals surface area (Å²) in [5.74, 6) is 2.85. The summed E-state index contributed by atoms with van der Waals surface area (Å²) in [6.45, 7) is 5.39. The first kappa shape index (κ1) is 34.1. The molecule has 6 aromatic heterocycles. The fraction of sp³-hybridized carbons (Fsp3) is 0.278. The van der Waals surface area contributed by atoms with E-state index in [2.05, 4.69) is 49.8 Å². The summed E-state index contributed by atoms with van der Waals surface area (Å²) in [5, 5.41) is 0. The third-order valence-electron chi connectivity index (χ3n) is 8.91. The maximum absolute atomic E-state index is 13.8. The molecule has 8 rings (SSSR count). The molecule has 2 aliphatic heterocycles. The molecule has 0 aliphatic carbocycles. The lowest BCUT2D eigenvalue weighted by Gasteiger charge is -2.35. The van der Waals surface area contributed by atoms with Crippen LogP contribution in [0.1, 0.15) is 48.4 Å². The third kappa shape index (κ3) is 7.12. The highest BCUT2D eigenvalue weighted by atomic mass is 19.1. The van der Waals surface area contributed by atoms with E-state index in [4.69, 9.17) is 9.47 Å². The van der Waals surface area contributed by atoms with Gasteiger partial charge in [-0.25, -0.2) is 49.8 Å². The molecule has 0 spiro atoms. The van der Waals surface area contributed by atoms with E-state index in [9.17, 15) is 8.78 Å². The first-order chi connectivity index (χ1) is 25.3. The van der Waals surface area contributed by atoms with Gasteiger partial charge in [0.2, 0.25) is 11.9 Å². The van der Waals surface area contributed by atoms with Gasteiger partial charge in [0.05, 0.1) is 37.7 Å². The molecule has 0 unspecified atom stereocenters. The molecule has 0 radical (unpaired) electrons. The van der Waals surface area contributed by atoms with Crippen LogP contribution in [0.2, 0.25) is 0 Å². The Kier molecular flexibility index (Phi) is 9.77. The van der Waals surface area contributed by atoms with Gasteiger partial charge in [0.1, 0.15) is 23.1 Å². The number of nitrogens with zero attached hydrogens (tertiary/aromatic N) is 12. The van der Waals surface area contributed by atoms with E-state index in [1.54, 1.807) is 61.4 Å². The van der Waals surface area contributed by atoms with Crippen LogP contribution in [0.15, 0.2) is 73.6 Å². The van der Waals surface area contributed by atoms with Crippen molar-refractivity contribution in [2.24, 2.45) is 0 Å². The van der Waals surface area contributed by atoms with Crippen LogP contribution in [0.4, 0.5) is 20.4 Å². The Balaban J connectivity index is 0.000000162. The van der Waals surface area contributed by atoms with Crippen molar-refractivity contribution in [2.45, 2.75) is 38.8 Å². The van der Waals surface area contributed by atoms with Gasteiger partial charge in [-0.05, 0) is 26.0 Å². The van der Waals surface area contributed by atoms with Crippen LogP contribution < -0.4 is 19.3 Å². The highest BCUT2D eigenvalue weighted by molar-refractivity contribution is 5.52. The maximum atomic E-state index is 13.8. The Morgan fingerprint density at radius 3 is 1.35 bits per heavy atom. The van der Waals surface area contributed by atoms with E-state index in [-0.39, 0.29) is 12.1 Å². The van der Waals surface area contributed by atoms with Crippen molar-refractivity contribution in [1.82, 2.24) is 49.8 Å². The number of methoxy groups -OCH3 is 2. The van der Waals surface area contributed by atoms with E-state index in [0.717, 1.165) is 22.5 Å². The van der Waals surface area contributed by atoms with Crippen molar-refractivity contribution in [3.05, 3.63) is 108 Å². The van der Waals surface area contributed by atoms with E-state index in [1.165, 1.54) is 26.4 Å². The predicted octanol–water partition coefficient (Wildman–Crippen LogP) is 5.20. The number of hydrogen-bond acceptors (Lipinski definition) is 14. The fourth-order valence-electron chi connectivity index (χ4n) is 6.25. The van der Waals surface area contributed by atoms with Crippen LogP contribution in [0.3, 0.4) is 0 Å². The summed E-state index contributed by atoms with van der Waals surface area (Å²) in [4.78, 5) is 46.9. The number of ether oxygens (including phenoxy) is 2. The zero-order valence-electron chi connectivity index (χ0n) is 28.9. The molecule has 14 nitrogen and oxygen atoms in total. The summed E-state index contributed by atoms with van der Waals surface area (Å²) >= 11 is 0. The topological polar surface area (TPSA) is 154 Å². The molecule has 264 valence electrons. The summed E-state index contributed by atoms with van der Waals surface area (Å²) in [7, 11) is 3.02. The maximum Gasteiger partial charge on any atom is 0.218 e. The fourth-order valence-corrected chi connectivity index (χ4v) is 6.25. The van der Waals surface area contributed by atoms with Gasteiger partial charge in [-0.1, -0.05) is 0 Å². The van der Waals surface area contributed by atoms with E-state index in [0.29, 0.717) is 72.4 Å². The molecule has 0 bridgehead atoms. The van der Waals surface area contributed by atoms with Gasteiger partial charge in [0, 0.05) is 98.5 Å². The van der Waals surface area contributed by atoms with Crippen LogP contribution in [-0.2, 0) is 12.8 Å². The zero-order chi connectivity index (χ0) is 36.2. The number of halogens is 2. The predicted molar refractivity (Wildman–Crippen MR) is 187 cm³/mol. The molecule has 2 atom stereocenters. The Bertz CT molecular complexity index is 2030. The summed E-state index contributed by atoms with van der Waals surface area (Å²) < 4.78 is 37.9. The molecule has 52 heavy (non-hydrogen) atoms. The summed E-state index contributed by atoms with van der Waals surface area (Å²) in [5.41, 5.74) is 3.88. The van der Waals surface area contributed by atoms with Gasteiger partial charge in [0.25, 0.3) is 0 Å². The highest BCUT2D eigenvalue weighted by Gasteiger charge is 2.29. The van der Waals surface area contributed by atoms with Crippen molar-refractivity contribution in [2.75, 3.05) is 37.1 Å². The van der Waals surface area contributed by atoms with Crippen LogP contribution in [0, 0.1) is 11.9 Å². The van der Waals surface area contributed by atoms with E-state index in [1.807, 2.05) is 23.6 Å². The van der Waals surface area contributed by atoms with Crippen LogP contribution in [0.5, 0.6) is 11.5 Å². The third-order valence-corrected chi connectivity index (χ3v) is 8.91. The van der Waals surface area contributed by atoms with Gasteiger partial charge in [-0.15, -0.1) is 0 Å². The molecule has 0 saturated carbocycles. The standard InChI is InChI=1S/2C18H17FN6O/c2*1-11-13-10-22-18(17-20-5-3-6-21-17)23-14(13)4-7-25(11)16-9-12(26-2)8-15(19)24-16/h2*3,5-6,8-11H,4,7H2,1-2H3/t2*11-/m10/s1. The van der Waals surface area contributed by atoms with Crippen LogP contribution >= 0.6 is 0 Å². The summed E-state index contributed by atoms with van der Waals surface area (Å²) in [6.07, 6.45) is 11.6. The van der Waals surface area contributed by atoms with Crippen molar-refractivity contribution in [3.63, 3.8) is 0 Å². The van der Waals surface area contributed by atoms with E-state index < -0.39 is 11.9 Å². The van der Waals surface area contributed by atoms with Gasteiger partial charge < -0.3 is 19.3 Å².